The van der Waals surface area contributed by atoms with Gasteiger partial charge >= 0.3 is 0 Å². The monoisotopic (exact) mass is 335 g/mol. The predicted molar refractivity (Wildman–Crippen MR) is 87.9 cm³/mol. The topological polar surface area (TPSA) is 22.1 Å². The molecule has 0 amide bonds. The van der Waals surface area contributed by atoms with E-state index in [0.29, 0.717) is 16.9 Å². The highest BCUT2D eigenvalue weighted by atomic mass is 32.2. The Bertz CT molecular complexity index is 678. The molecular formula is C18H19F2NOS. The van der Waals surface area contributed by atoms with E-state index in [1.807, 2.05) is 12.1 Å². The Morgan fingerprint density at radius 1 is 1.22 bits per heavy atom. The Morgan fingerprint density at radius 2 is 1.91 bits per heavy atom. The lowest BCUT2D eigenvalue weighted by Crippen LogP contribution is -2.03. The zero-order valence-electron chi connectivity index (χ0n) is 13.2. The summed E-state index contributed by atoms with van der Waals surface area (Å²) in [5.74, 6) is -1.29. The van der Waals surface area contributed by atoms with Crippen molar-refractivity contribution >= 4 is 11.8 Å². The van der Waals surface area contributed by atoms with Gasteiger partial charge in [0.1, 0.15) is 6.61 Å². The Balaban J connectivity index is 1.70. The fourth-order valence-corrected chi connectivity index (χ4v) is 3.17. The molecule has 2 nitrogen and oxygen atoms in total. The first kappa shape index (κ1) is 16.2. The average Bonchev–Trinajstić information content (AvgIpc) is 3.30. The van der Waals surface area contributed by atoms with Gasteiger partial charge in [0.2, 0.25) is 0 Å². The van der Waals surface area contributed by atoms with Gasteiger partial charge in [-0.25, -0.2) is 13.8 Å². The van der Waals surface area contributed by atoms with Crippen LogP contribution in [0.1, 0.15) is 43.9 Å². The van der Waals surface area contributed by atoms with Crippen LogP contribution in [0.2, 0.25) is 0 Å². The third-order valence-corrected chi connectivity index (χ3v) is 4.51. The maximum Gasteiger partial charge on any atom is 0.191 e. The van der Waals surface area contributed by atoms with Gasteiger partial charge in [0.25, 0.3) is 0 Å². The number of nitrogens with zero attached hydrogens (tertiary/aromatic N) is 1. The molecule has 0 bridgehead atoms. The van der Waals surface area contributed by atoms with E-state index in [1.54, 1.807) is 17.8 Å². The molecule has 5 heteroatoms. The number of hydrogen-bond acceptors (Lipinski definition) is 3. The van der Waals surface area contributed by atoms with E-state index in [2.05, 4.69) is 18.8 Å². The summed E-state index contributed by atoms with van der Waals surface area (Å²) < 4.78 is 33.5. The SMILES string of the molecule is CC(C)Sc1cccc(COc2c(F)cc(C3CC3)cc2F)n1. The normalized spacial score (nSPS) is 14.3. The Labute approximate surface area is 139 Å². The van der Waals surface area contributed by atoms with Crippen molar-refractivity contribution < 1.29 is 13.5 Å². The quantitative estimate of drug-likeness (QED) is 0.667. The first-order valence-electron chi connectivity index (χ1n) is 7.77. The molecule has 1 aliphatic rings. The van der Waals surface area contributed by atoms with E-state index in [4.69, 9.17) is 4.74 Å². The molecule has 0 radical (unpaired) electrons. The number of hydrogen-bond donors (Lipinski definition) is 0. The lowest BCUT2D eigenvalue weighted by Gasteiger charge is -2.11. The molecule has 23 heavy (non-hydrogen) atoms. The molecule has 0 aliphatic heterocycles. The summed E-state index contributed by atoms with van der Waals surface area (Å²) in [5.41, 5.74) is 1.38. The summed E-state index contributed by atoms with van der Waals surface area (Å²) in [6, 6.07) is 8.35. The molecule has 1 fully saturated rings. The molecule has 1 aromatic heterocycles. The number of ether oxygens (including phenoxy) is 1. The molecule has 0 unspecified atom stereocenters. The van der Waals surface area contributed by atoms with E-state index in [-0.39, 0.29) is 12.4 Å². The first-order chi connectivity index (χ1) is 11.0. The number of benzene rings is 1. The Hall–Kier alpha value is -1.62. The van der Waals surface area contributed by atoms with Crippen LogP contribution in [-0.4, -0.2) is 10.2 Å². The van der Waals surface area contributed by atoms with E-state index in [0.717, 1.165) is 23.4 Å². The van der Waals surface area contributed by atoms with Crippen LogP contribution in [0.4, 0.5) is 8.78 Å². The molecule has 1 aromatic carbocycles. The van der Waals surface area contributed by atoms with Gasteiger partial charge in [-0.1, -0.05) is 19.9 Å². The molecule has 0 saturated heterocycles. The second-order valence-electron chi connectivity index (χ2n) is 6.01. The van der Waals surface area contributed by atoms with Gasteiger partial charge in [-0.2, -0.15) is 0 Å². The minimum atomic E-state index is -0.639. The molecule has 1 aliphatic carbocycles. The van der Waals surface area contributed by atoms with Crippen molar-refractivity contribution in [2.24, 2.45) is 0 Å². The van der Waals surface area contributed by atoms with Crippen molar-refractivity contribution in [2.45, 2.75) is 49.5 Å². The molecule has 1 heterocycles. The smallest absolute Gasteiger partial charge is 0.191 e. The third kappa shape index (κ3) is 4.22. The van der Waals surface area contributed by atoms with Gasteiger partial charge in [0, 0.05) is 5.25 Å². The molecule has 122 valence electrons. The van der Waals surface area contributed by atoms with Crippen LogP contribution in [0, 0.1) is 11.6 Å². The summed E-state index contributed by atoms with van der Waals surface area (Å²) in [6.45, 7) is 4.21. The van der Waals surface area contributed by atoms with Crippen molar-refractivity contribution in [1.29, 1.82) is 0 Å². The third-order valence-electron chi connectivity index (χ3n) is 3.57. The molecule has 0 spiro atoms. The Kier molecular flexibility index (Phi) is 4.85. The van der Waals surface area contributed by atoms with Crippen molar-refractivity contribution in [1.82, 2.24) is 4.98 Å². The van der Waals surface area contributed by atoms with Crippen LogP contribution in [0.15, 0.2) is 35.4 Å². The predicted octanol–water partition coefficient (Wildman–Crippen LogP) is 5.32. The number of rotatable bonds is 6. The maximum atomic E-state index is 14.1. The molecule has 2 aromatic rings. The maximum absolute atomic E-state index is 14.1. The van der Waals surface area contributed by atoms with Crippen molar-refractivity contribution in [3.8, 4) is 5.75 Å². The molecule has 0 N–H and O–H groups in total. The minimum Gasteiger partial charge on any atom is -0.481 e. The first-order valence-corrected chi connectivity index (χ1v) is 8.65. The summed E-state index contributed by atoms with van der Waals surface area (Å²) >= 11 is 1.64. The lowest BCUT2D eigenvalue weighted by molar-refractivity contribution is 0.269. The average molecular weight is 335 g/mol. The summed E-state index contributed by atoms with van der Waals surface area (Å²) in [4.78, 5) is 4.44. The zero-order chi connectivity index (χ0) is 16.4. The zero-order valence-corrected chi connectivity index (χ0v) is 14.0. The fourth-order valence-electron chi connectivity index (χ4n) is 2.36. The van der Waals surface area contributed by atoms with Crippen LogP contribution in [0.25, 0.3) is 0 Å². The number of aromatic nitrogens is 1. The summed E-state index contributed by atoms with van der Waals surface area (Å²) in [6.07, 6.45) is 2.01. The highest BCUT2D eigenvalue weighted by Crippen LogP contribution is 2.41. The van der Waals surface area contributed by atoms with Crippen molar-refractivity contribution in [3.05, 3.63) is 53.2 Å². The van der Waals surface area contributed by atoms with E-state index in [9.17, 15) is 8.78 Å². The van der Waals surface area contributed by atoms with Crippen molar-refractivity contribution in [2.75, 3.05) is 0 Å². The number of thioether (sulfide) groups is 1. The van der Waals surface area contributed by atoms with Crippen molar-refractivity contribution in [3.63, 3.8) is 0 Å². The highest BCUT2D eigenvalue weighted by molar-refractivity contribution is 7.99. The molecule has 3 rings (SSSR count). The van der Waals surface area contributed by atoms with Crippen LogP contribution in [0.5, 0.6) is 5.75 Å². The van der Waals surface area contributed by atoms with Gasteiger partial charge in [-0.05, 0) is 48.6 Å². The second kappa shape index (κ2) is 6.87. The highest BCUT2D eigenvalue weighted by Gasteiger charge is 2.26. The lowest BCUT2D eigenvalue weighted by atomic mass is 10.1. The number of halogens is 2. The van der Waals surface area contributed by atoms with Gasteiger partial charge < -0.3 is 4.74 Å². The second-order valence-corrected chi connectivity index (χ2v) is 7.61. The largest absolute Gasteiger partial charge is 0.481 e. The Morgan fingerprint density at radius 3 is 2.52 bits per heavy atom. The molecular weight excluding hydrogens is 316 g/mol. The van der Waals surface area contributed by atoms with Gasteiger partial charge in [0.15, 0.2) is 17.4 Å². The minimum absolute atomic E-state index is 0.0448. The fraction of sp³-hybridized carbons (Fsp3) is 0.389. The van der Waals surface area contributed by atoms with Crippen LogP contribution >= 0.6 is 11.8 Å². The van der Waals surface area contributed by atoms with Gasteiger partial charge in [-0.3, -0.25) is 0 Å². The summed E-state index contributed by atoms with van der Waals surface area (Å²) in [5, 5.41) is 1.30. The van der Waals surface area contributed by atoms with E-state index < -0.39 is 11.6 Å². The standard InChI is InChI=1S/C18H19F2NOS/c1-11(2)23-17-5-3-4-14(21-17)10-22-18-15(19)8-13(9-16(18)20)12-6-7-12/h3-5,8-9,11-12H,6-7,10H2,1-2H3. The summed E-state index contributed by atoms with van der Waals surface area (Å²) in [7, 11) is 0. The van der Waals surface area contributed by atoms with Crippen LogP contribution in [0.3, 0.4) is 0 Å². The van der Waals surface area contributed by atoms with Crippen LogP contribution < -0.4 is 4.74 Å². The van der Waals surface area contributed by atoms with E-state index in [1.165, 1.54) is 12.1 Å². The van der Waals surface area contributed by atoms with E-state index >= 15 is 0 Å². The van der Waals surface area contributed by atoms with Gasteiger partial charge in [0.05, 0.1) is 10.7 Å². The van der Waals surface area contributed by atoms with Crippen LogP contribution in [-0.2, 0) is 6.61 Å². The molecule has 1 saturated carbocycles. The number of pyridine rings is 1. The molecule has 0 atom stereocenters. The van der Waals surface area contributed by atoms with Gasteiger partial charge in [-0.15, -0.1) is 11.8 Å².